The third kappa shape index (κ3) is 5.90. The Hall–Kier alpha value is -0.500. The van der Waals surface area contributed by atoms with Gasteiger partial charge in [0.25, 0.3) is 0 Å². The number of benzene rings is 2. The van der Waals surface area contributed by atoms with E-state index in [9.17, 15) is 0 Å². The molecule has 0 aromatic heterocycles. The zero-order valence-corrected chi connectivity index (χ0v) is 14.5. The Labute approximate surface area is 135 Å². The summed E-state index contributed by atoms with van der Waals surface area (Å²) < 4.78 is 12.4. The van der Waals surface area contributed by atoms with Crippen LogP contribution in [0.5, 0.6) is 11.5 Å². The van der Waals surface area contributed by atoms with Gasteiger partial charge in [-0.05, 0) is 93.7 Å². The first-order chi connectivity index (χ1) is 8.65. The molecule has 2 aromatic rings. The van der Waals surface area contributed by atoms with Crippen molar-refractivity contribution >= 4 is 45.2 Å². The van der Waals surface area contributed by atoms with E-state index in [1.54, 1.807) is 14.2 Å². The molecule has 2 nitrogen and oxygen atoms in total. The standard InChI is InChI=1S/2C7H7IO/c2*1-9-7-4-2-6(8)3-5-7/h2*2-5H,1H3. The van der Waals surface area contributed by atoms with Crippen LogP contribution in [-0.2, 0) is 0 Å². The van der Waals surface area contributed by atoms with E-state index in [0.29, 0.717) is 0 Å². The van der Waals surface area contributed by atoms with Crippen LogP contribution in [0.4, 0.5) is 0 Å². The SMILES string of the molecule is COc1ccc(I)cc1.COc1ccc(I)cc1. The van der Waals surface area contributed by atoms with Crippen molar-refractivity contribution in [2.24, 2.45) is 0 Å². The maximum absolute atomic E-state index is 4.97. The Kier molecular flexibility index (Phi) is 7.41. The van der Waals surface area contributed by atoms with Gasteiger partial charge >= 0.3 is 0 Å². The molecular weight excluding hydrogens is 454 g/mol. The second-order valence-corrected chi connectivity index (χ2v) is 5.81. The molecule has 2 rings (SSSR count). The number of methoxy groups -OCH3 is 2. The minimum absolute atomic E-state index is 0.912. The molecule has 0 N–H and O–H groups in total. The van der Waals surface area contributed by atoms with E-state index >= 15 is 0 Å². The highest BCUT2D eigenvalue weighted by Gasteiger charge is 1.87. The van der Waals surface area contributed by atoms with E-state index in [4.69, 9.17) is 9.47 Å². The lowest BCUT2D eigenvalue weighted by Crippen LogP contribution is -1.80. The molecule has 2 aromatic carbocycles. The summed E-state index contributed by atoms with van der Waals surface area (Å²) in [5, 5.41) is 0. The van der Waals surface area contributed by atoms with Crippen LogP contribution in [0.2, 0.25) is 0 Å². The molecule has 0 amide bonds. The van der Waals surface area contributed by atoms with Crippen LogP contribution < -0.4 is 9.47 Å². The van der Waals surface area contributed by atoms with Crippen LogP contribution in [0.25, 0.3) is 0 Å². The number of rotatable bonds is 2. The van der Waals surface area contributed by atoms with Gasteiger partial charge < -0.3 is 9.47 Å². The Bertz CT molecular complexity index is 407. The van der Waals surface area contributed by atoms with Crippen LogP contribution in [0, 0.1) is 7.14 Å². The van der Waals surface area contributed by atoms with Crippen molar-refractivity contribution in [2.45, 2.75) is 0 Å². The molecule has 0 fully saturated rings. The molecular formula is C14H14I2O2. The maximum Gasteiger partial charge on any atom is 0.118 e. The molecule has 0 saturated heterocycles. The summed E-state index contributed by atoms with van der Waals surface area (Å²) in [5.74, 6) is 1.82. The van der Waals surface area contributed by atoms with Gasteiger partial charge in [-0.25, -0.2) is 0 Å². The first-order valence-electron chi connectivity index (χ1n) is 5.25. The lowest BCUT2D eigenvalue weighted by atomic mass is 10.3. The summed E-state index contributed by atoms with van der Waals surface area (Å²) in [6.07, 6.45) is 0. The smallest absolute Gasteiger partial charge is 0.118 e. The summed E-state index contributed by atoms with van der Waals surface area (Å²) in [6, 6.07) is 15.8. The van der Waals surface area contributed by atoms with E-state index in [1.807, 2.05) is 48.5 Å². The van der Waals surface area contributed by atoms with Crippen molar-refractivity contribution in [1.29, 1.82) is 0 Å². The van der Waals surface area contributed by atoms with Gasteiger partial charge in [0.2, 0.25) is 0 Å². The largest absolute Gasteiger partial charge is 0.497 e. The molecule has 0 bridgehead atoms. The predicted octanol–water partition coefficient (Wildman–Crippen LogP) is 4.60. The van der Waals surface area contributed by atoms with Crippen LogP contribution in [-0.4, -0.2) is 14.2 Å². The summed E-state index contributed by atoms with van der Waals surface area (Å²) in [5.41, 5.74) is 0. The van der Waals surface area contributed by atoms with Crippen LogP contribution in [0.15, 0.2) is 48.5 Å². The monoisotopic (exact) mass is 468 g/mol. The third-order valence-corrected chi connectivity index (χ3v) is 3.54. The molecule has 96 valence electrons. The summed E-state index contributed by atoms with van der Waals surface area (Å²) in [6.45, 7) is 0. The van der Waals surface area contributed by atoms with E-state index < -0.39 is 0 Å². The maximum atomic E-state index is 4.97. The Morgan fingerprint density at radius 3 is 1.11 bits per heavy atom. The van der Waals surface area contributed by atoms with Crippen LogP contribution in [0.3, 0.4) is 0 Å². The zero-order chi connectivity index (χ0) is 13.4. The number of ether oxygens (including phenoxy) is 2. The quantitative estimate of drug-likeness (QED) is 0.601. The summed E-state index contributed by atoms with van der Waals surface area (Å²) >= 11 is 4.51. The molecule has 0 saturated carbocycles. The van der Waals surface area contributed by atoms with Gasteiger partial charge in [0.15, 0.2) is 0 Å². The molecule has 4 heteroatoms. The second-order valence-electron chi connectivity index (χ2n) is 3.32. The van der Waals surface area contributed by atoms with E-state index in [-0.39, 0.29) is 0 Å². The molecule has 0 aliphatic rings. The second kappa shape index (κ2) is 8.58. The van der Waals surface area contributed by atoms with E-state index in [2.05, 4.69) is 45.2 Å². The van der Waals surface area contributed by atoms with Gasteiger partial charge in [0.1, 0.15) is 11.5 Å². The van der Waals surface area contributed by atoms with Crippen molar-refractivity contribution in [3.63, 3.8) is 0 Å². The van der Waals surface area contributed by atoms with Gasteiger partial charge in [0.05, 0.1) is 14.2 Å². The minimum atomic E-state index is 0.912. The normalized spacial score (nSPS) is 9.11. The number of halogens is 2. The minimum Gasteiger partial charge on any atom is -0.497 e. The van der Waals surface area contributed by atoms with Crippen LogP contribution >= 0.6 is 45.2 Å². The van der Waals surface area contributed by atoms with Crippen molar-refractivity contribution in [3.05, 3.63) is 55.7 Å². The molecule has 18 heavy (non-hydrogen) atoms. The van der Waals surface area contributed by atoms with Crippen molar-refractivity contribution in [1.82, 2.24) is 0 Å². The van der Waals surface area contributed by atoms with Crippen molar-refractivity contribution in [2.75, 3.05) is 14.2 Å². The molecule has 0 heterocycles. The predicted molar refractivity (Wildman–Crippen MR) is 91.4 cm³/mol. The lowest BCUT2D eigenvalue weighted by molar-refractivity contribution is 0.414. The molecule has 0 aliphatic carbocycles. The summed E-state index contributed by atoms with van der Waals surface area (Å²) in [4.78, 5) is 0. The van der Waals surface area contributed by atoms with Gasteiger partial charge in [-0.1, -0.05) is 0 Å². The van der Waals surface area contributed by atoms with Crippen molar-refractivity contribution < 1.29 is 9.47 Å². The van der Waals surface area contributed by atoms with E-state index in [1.165, 1.54) is 7.14 Å². The molecule has 0 unspecified atom stereocenters. The fourth-order valence-electron chi connectivity index (χ4n) is 1.14. The first-order valence-corrected chi connectivity index (χ1v) is 7.40. The van der Waals surface area contributed by atoms with E-state index in [0.717, 1.165) is 11.5 Å². The Morgan fingerprint density at radius 1 is 0.611 bits per heavy atom. The first kappa shape index (κ1) is 15.6. The van der Waals surface area contributed by atoms with Gasteiger partial charge in [0, 0.05) is 7.14 Å². The average Bonchev–Trinajstić information content (AvgIpc) is 2.41. The Morgan fingerprint density at radius 2 is 0.889 bits per heavy atom. The number of hydrogen-bond donors (Lipinski definition) is 0. The fourth-order valence-corrected chi connectivity index (χ4v) is 1.86. The lowest BCUT2D eigenvalue weighted by Gasteiger charge is -1.96. The molecule has 0 aliphatic heterocycles. The topological polar surface area (TPSA) is 18.5 Å². The highest BCUT2D eigenvalue weighted by atomic mass is 127. The van der Waals surface area contributed by atoms with Gasteiger partial charge in [-0.2, -0.15) is 0 Å². The zero-order valence-electron chi connectivity index (χ0n) is 10.2. The number of hydrogen-bond acceptors (Lipinski definition) is 2. The molecule has 0 radical (unpaired) electrons. The van der Waals surface area contributed by atoms with Gasteiger partial charge in [-0.15, -0.1) is 0 Å². The van der Waals surface area contributed by atoms with Crippen molar-refractivity contribution in [3.8, 4) is 11.5 Å². The molecule has 0 spiro atoms. The van der Waals surface area contributed by atoms with Crippen LogP contribution in [0.1, 0.15) is 0 Å². The average molecular weight is 468 g/mol. The highest BCUT2D eigenvalue weighted by molar-refractivity contribution is 14.1. The highest BCUT2D eigenvalue weighted by Crippen LogP contribution is 2.12. The third-order valence-electron chi connectivity index (χ3n) is 2.10. The summed E-state index contributed by atoms with van der Waals surface area (Å²) in [7, 11) is 3.34. The molecule has 0 atom stereocenters. The van der Waals surface area contributed by atoms with Gasteiger partial charge in [-0.3, -0.25) is 0 Å². The Balaban J connectivity index is 0.000000180. The fraction of sp³-hybridized carbons (Fsp3) is 0.143.